The van der Waals surface area contributed by atoms with Crippen LogP contribution in [0.1, 0.15) is 12.8 Å². The lowest BCUT2D eigenvalue weighted by Gasteiger charge is -2.23. The summed E-state index contributed by atoms with van der Waals surface area (Å²) in [4.78, 5) is 4.36. The van der Waals surface area contributed by atoms with Crippen LogP contribution in [0.25, 0.3) is 10.9 Å². The summed E-state index contributed by atoms with van der Waals surface area (Å²) in [5, 5.41) is 8.86. The third-order valence-electron chi connectivity index (χ3n) is 3.68. The van der Waals surface area contributed by atoms with Gasteiger partial charge in [-0.25, -0.2) is 0 Å². The van der Waals surface area contributed by atoms with Crippen LogP contribution in [0.4, 0.5) is 5.69 Å². The van der Waals surface area contributed by atoms with Crippen molar-refractivity contribution in [2.75, 3.05) is 25.0 Å². The van der Waals surface area contributed by atoms with Gasteiger partial charge >= 0.3 is 0 Å². The molecule has 1 aromatic heterocycles. The second-order valence-electron chi connectivity index (χ2n) is 5.11. The third kappa shape index (κ3) is 2.99. The van der Waals surface area contributed by atoms with Crippen LogP contribution in [0.2, 0.25) is 5.02 Å². The molecule has 3 rings (SSSR count). The zero-order chi connectivity index (χ0) is 13.1. The fraction of sp³-hybridized carbons (Fsp3) is 0.400. The number of pyridine rings is 1. The van der Waals surface area contributed by atoms with E-state index in [4.69, 9.17) is 11.6 Å². The number of halogens is 1. The normalized spacial score (nSPS) is 19.5. The summed E-state index contributed by atoms with van der Waals surface area (Å²) in [6, 6.07) is 7.89. The van der Waals surface area contributed by atoms with E-state index in [0.717, 1.165) is 41.2 Å². The SMILES string of the molecule is Clc1ccc2c(NCC3CCCNC3)ccnc2c1. The maximum absolute atomic E-state index is 6.00. The number of rotatable bonds is 3. The van der Waals surface area contributed by atoms with E-state index in [9.17, 15) is 0 Å². The second kappa shape index (κ2) is 5.76. The molecule has 100 valence electrons. The van der Waals surface area contributed by atoms with Crippen LogP contribution in [0.5, 0.6) is 0 Å². The van der Waals surface area contributed by atoms with Gasteiger partial charge in [-0.3, -0.25) is 4.98 Å². The van der Waals surface area contributed by atoms with Gasteiger partial charge in [0.05, 0.1) is 5.52 Å². The van der Waals surface area contributed by atoms with Crippen molar-refractivity contribution in [1.29, 1.82) is 0 Å². The minimum atomic E-state index is 0.712. The molecule has 0 aliphatic carbocycles. The van der Waals surface area contributed by atoms with Crippen LogP contribution in [-0.4, -0.2) is 24.6 Å². The number of nitrogens with one attached hydrogen (secondary N) is 2. The minimum Gasteiger partial charge on any atom is -0.384 e. The topological polar surface area (TPSA) is 37.0 Å². The fourth-order valence-electron chi connectivity index (χ4n) is 2.63. The van der Waals surface area contributed by atoms with Gasteiger partial charge in [0, 0.05) is 28.8 Å². The Morgan fingerprint density at radius 3 is 3.16 bits per heavy atom. The fourth-order valence-corrected chi connectivity index (χ4v) is 2.79. The van der Waals surface area contributed by atoms with Crippen LogP contribution in [0.3, 0.4) is 0 Å². The highest BCUT2D eigenvalue weighted by atomic mass is 35.5. The van der Waals surface area contributed by atoms with Gasteiger partial charge in [0.15, 0.2) is 0 Å². The molecule has 2 N–H and O–H groups in total. The molecule has 3 nitrogen and oxygen atoms in total. The van der Waals surface area contributed by atoms with Crippen LogP contribution in [0.15, 0.2) is 30.5 Å². The van der Waals surface area contributed by atoms with E-state index in [0.29, 0.717) is 5.92 Å². The number of anilines is 1. The zero-order valence-corrected chi connectivity index (χ0v) is 11.6. The molecule has 19 heavy (non-hydrogen) atoms. The van der Waals surface area contributed by atoms with E-state index in [2.05, 4.69) is 15.6 Å². The lowest BCUT2D eigenvalue weighted by atomic mass is 9.99. The first-order valence-corrected chi connectivity index (χ1v) is 7.19. The van der Waals surface area contributed by atoms with Gasteiger partial charge in [0.2, 0.25) is 0 Å². The van der Waals surface area contributed by atoms with E-state index >= 15 is 0 Å². The molecule has 1 saturated heterocycles. The number of piperidine rings is 1. The summed E-state index contributed by atoms with van der Waals surface area (Å²) in [7, 11) is 0. The molecular weight excluding hydrogens is 258 g/mol. The molecule has 0 saturated carbocycles. The van der Waals surface area contributed by atoms with Crippen molar-refractivity contribution < 1.29 is 0 Å². The highest BCUT2D eigenvalue weighted by molar-refractivity contribution is 6.31. The Balaban J connectivity index is 1.76. The van der Waals surface area contributed by atoms with Crippen molar-refractivity contribution in [2.24, 2.45) is 5.92 Å². The standard InChI is InChI=1S/C15H18ClN3/c16-12-3-4-13-14(5-7-18-15(13)8-12)19-10-11-2-1-6-17-9-11/h3-5,7-8,11,17H,1-2,6,9-10H2,(H,18,19). The minimum absolute atomic E-state index is 0.712. The highest BCUT2D eigenvalue weighted by Crippen LogP contribution is 2.24. The van der Waals surface area contributed by atoms with E-state index in [-0.39, 0.29) is 0 Å². The van der Waals surface area contributed by atoms with Crippen LogP contribution >= 0.6 is 11.6 Å². The molecule has 0 spiro atoms. The van der Waals surface area contributed by atoms with Crippen molar-refractivity contribution in [3.8, 4) is 0 Å². The molecule has 1 unspecified atom stereocenters. The number of fused-ring (bicyclic) bond motifs is 1. The van der Waals surface area contributed by atoms with Crippen molar-refractivity contribution in [3.63, 3.8) is 0 Å². The summed E-state index contributed by atoms with van der Waals surface area (Å²) < 4.78 is 0. The number of hydrogen-bond donors (Lipinski definition) is 2. The van der Waals surface area contributed by atoms with Gasteiger partial charge in [-0.2, -0.15) is 0 Å². The average Bonchev–Trinajstić information content (AvgIpc) is 2.45. The second-order valence-corrected chi connectivity index (χ2v) is 5.55. The lowest BCUT2D eigenvalue weighted by Crippen LogP contribution is -2.33. The molecule has 4 heteroatoms. The van der Waals surface area contributed by atoms with Gasteiger partial charge < -0.3 is 10.6 Å². The number of hydrogen-bond acceptors (Lipinski definition) is 3. The number of benzene rings is 1. The van der Waals surface area contributed by atoms with E-state index in [1.54, 1.807) is 0 Å². The van der Waals surface area contributed by atoms with Gasteiger partial charge in [-0.15, -0.1) is 0 Å². The van der Waals surface area contributed by atoms with Crippen LogP contribution in [0, 0.1) is 5.92 Å². The predicted octanol–water partition coefficient (Wildman–Crippen LogP) is 3.30. The molecule has 1 fully saturated rings. The Kier molecular flexibility index (Phi) is 3.85. The Morgan fingerprint density at radius 1 is 1.37 bits per heavy atom. The Labute approximate surface area is 118 Å². The van der Waals surface area contributed by atoms with Crippen molar-refractivity contribution >= 4 is 28.2 Å². The van der Waals surface area contributed by atoms with Gasteiger partial charge in [0.1, 0.15) is 0 Å². The predicted molar refractivity (Wildman–Crippen MR) is 80.8 cm³/mol. The summed E-state index contributed by atoms with van der Waals surface area (Å²) >= 11 is 6.00. The molecule has 2 heterocycles. The maximum Gasteiger partial charge on any atom is 0.0737 e. The summed E-state index contributed by atoms with van der Waals surface area (Å²) in [6.45, 7) is 3.28. The Hall–Kier alpha value is -1.32. The van der Waals surface area contributed by atoms with E-state index in [1.165, 1.54) is 12.8 Å². The first kappa shape index (κ1) is 12.7. The van der Waals surface area contributed by atoms with E-state index in [1.807, 2.05) is 30.5 Å². The van der Waals surface area contributed by atoms with Crippen molar-refractivity contribution in [2.45, 2.75) is 12.8 Å². The van der Waals surface area contributed by atoms with Gasteiger partial charge in [-0.1, -0.05) is 11.6 Å². The Morgan fingerprint density at radius 2 is 2.32 bits per heavy atom. The first-order chi connectivity index (χ1) is 9.33. The van der Waals surface area contributed by atoms with Crippen LogP contribution < -0.4 is 10.6 Å². The molecule has 0 radical (unpaired) electrons. The molecule has 1 atom stereocenters. The molecule has 1 aliphatic heterocycles. The molecule has 2 aromatic rings. The first-order valence-electron chi connectivity index (χ1n) is 6.82. The van der Waals surface area contributed by atoms with Gasteiger partial charge in [-0.05, 0) is 56.1 Å². The molecule has 1 aromatic carbocycles. The summed E-state index contributed by atoms with van der Waals surface area (Å²) in [5.74, 6) is 0.712. The molecular formula is C15H18ClN3. The third-order valence-corrected chi connectivity index (χ3v) is 3.92. The van der Waals surface area contributed by atoms with Crippen molar-refractivity contribution in [1.82, 2.24) is 10.3 Å². The van der Waals surface area contributed by atoms with E-state index < -0.39 is 0 Å². The lowest BCUT2D eigenvalue weighted by molar-refractivity contribution is 0.393. The molecule has 0 amide bonds. The van der Waals surface area contributed by atoms with Gasteiger partial charge in [0.25, 0.3) is 0 Å². The zero-order valence-electron chi connectivity index (χ0n) is 10.8. The summed E-state index contributed by atoms with van der Waals surface area (Å²) in [5.41, 5.74) is 2.09. The number of aromatic nitrogens is 1. The smallest absolute Gasteiger partial charge is 0.0737 e. The number of nitrogens with zero attached hydrogens (tertiary/aromatic N) is 1. The van der Waals surface area contributed by atoms with Crippen molar-refractivity contribution in [3.05, 3.63) is 35.5 Å². The quantitative estimate of drug-likeness (QED) is 0.902. The van der Waals surface area contributed by atoms with Crippen LogP contribution in [-0.2, 0) is 0 Å². The monoisotopic (exact) mass is 275 g/mol. The Bertz CT molecular complexity index is 564. The highest BCUT2D eigenvalue weighted by Gasteiger charge is 2.13. The average molecular weight is 276 g/mol. The molecule has 1 aliphatic rings. The maximum atomic E-state index is 6.00. The largest absolute Gasteiger partial charge is 0.384 e. The molecule has 0 bridgehead atoms. The summed E-state index contributed by atoms with van der Waals surface area (Å²) in [6.07, 6.45) is 4.41.